The lowest BCUT2D eigenvalue weighted by Crippen LogP contribution is -2.43. The van der Waals surface area contributed by atoms with Gasteiger partial charge in [-0.2, -0.15) is 4.39 Å². The Hall–Kier alpha value is -1.80. The molecule has 0 aromatic heterocycles. The molecule has 0 bridgehead atoms. The van der Waals surface area contributed by atoms with Gasteiger partial charge in [-0.05, 0) is 13.3 Å². The number of nitro benzene ring substituents is 1. The molecule has 1 aliphatic rings. The summed E-state index contributed by atoms with van der Waals surface area (Å²) in [5.41, 5.74) is -0.822. The number of nitro groups is 1. The van der Waals surface area contributed by atoms with Crippen molar-refractivity contribution in [3.05, 3.63) is 33.9 Å². The van der Waals surface area contributed by atoms with Crippen LogP contribution < -0.4 is 10.6 Å². The maximum Gasteiger partial charge on any atom is 0.307 e. The average Bonchev–Trinajstić information content (AvgIpc) is 2.42. The molecule has 1 saturated heterocycles. The third kappa shape index (κ3) is 4.08. The number of morpholine rings is 1. The van der Waals surface area contributed by atoms with Gasteiger partial charge in [-0.15, -0.1) is 0 Å². The normalized spacial score (nSPS) is 20.0. The molecule has 116 valence electrons. The van der Waals surface area contributed by atoms with Crippen LogP contribution >= 0.6 is 0 Å². The number of halogens is 2. The van der Waals surface area contributed by atoms with Crippen LogP contribution in [0.3, 0.4) is 0 Å². The van der Waals surface area contributed by atoms with E-state index in [1.165, 1.54) is 0 Å². The van der Waals surface area contributed by atoms with Gasteiger partial charge in [-0.3, -0.25) is 10.1 Å². The molecule has 0 saturated carbocycles. The zero-order chi connectivity index (χ0) is 15.4. The summed E-state index contributed by atoms with van der Waals surface area (Å²) in [6.45, 7) is 3.81. The van der Waals surface area contributed by atoms with Crippen LogP contribution in [-0.4, -0.2) is 36.8 Å². The van der Waals surface area contributed by atoms with Gasteiger partial charge in [0.05, 0.1) is 23.8 Å². The lowest BCUT2D eigenvalue weighted by Gasteiger charge is -2.27. The number of nitrogens with one attached hydrogen (secondary N) is 2. The molecule has 8 heteroatoms. The summed E-state index contributed by atoms with van der Waals surface area (Å²) in [5, 5.41) is 16.8. The number of hydrogen-bond acceptors (Lipinski definition) is 5. The Balaban J connectivity index is 2.04. The first kappa shape index (κ1) is 15.6. The molecular formula is C13H17F2N3O3. The predicted molar refractivity (Wildman–Crippen MR) is 73.3 cm³/mol. The third-order valence-electron chi connectivity index (χ3n) is 3.27. The third-order valence-corrected chi connectivity index (χ3v) is 3.27. The molecule has 1 aromatic carbocycles. The van der Waals surface area contributed by atoms with Crippen LogP contribution in [0.5, 0.6) is 0 Å². The Kier molecular flexibility index (Phi) is 5.03. The Morgan fingerprint density at radius 2 is 2.29 bits per heavy atom. The van der Waals surface area contributed by atoms with Gasteiger partial charge in [-0.1, -0.05) is 0 Å². The molecule has 1 heterocycles. The Morgan fingerprint density at radius 1 is 1.52 bits per heavy atom. The summed E-state index contributed by atoms with van der Waals surface area (Å²) in [7, 11) is 0. The smallest absolute Gasteiger partial charge is 0.307 e. The predicted octanol–water partition coefficient (Wildman–Crippen LogP) is 2.05. The second-order valence-electron chi connectivity index (χ2n) is 5.05. The lowest BCUT2D eigenvalue weighted by molar-refractivity contribution is -0.387. The Labute approximate surface area is 120 Å². The Morgan fingerprint density at radius 3 is 2.90 bits per heavy atom. The van der Waals surface area contributed by atoms with Crippen LogP contribution in [0.2, 0.25) is 0 Å². The molecule has 0 aliphatic carbocycles. The summed E-state index contributed by atoms with van der Waals surface area (Å²) in [6.07, 6.45) is 0.657. The number of anilines is 1. The maximum absolute atomic E-state index is 13.7. The van der Waals surface area contributed by atoms with Gasteiger partial charge in [0.2, 0.25) is 5.82 Å². The van der Waals surface area contributed by atoms with E-state index in [2.05, 4.69) is 10.6 Å². The number of nitrogens with zero attached hydrogens (tertiary/aromatic N) is 1. The maximum atomic E-state index is 13.7. The standard InChI is InChI=1S/C13H17F2N3O3/c1-8(4-9-7-21-3-2-16-9)17-12-6-13(18(19)20)11(15)5-10(12)14/h5-6,8-9,16-17H,2-4,7H2,1H3. The van der Waals surface area contributed by atoms with E-state index in [0.29, 0.717) is 25.7 Å². The van der Waals surface area contributed by atoms with Crippen LogP contribution in [0.15, 0.2) is 12.1 Å². The molecule has 1 aromatic rings. The minimum atomic E-state index is -1.18. The molecule has 1 fully saturated rings. The molecule has 2 atom stereocenters. The van der Waals surface area contributed by atoms with Crippen molar-refractivity contribution >= 4 is 11.4 Å². The van der Waals surface area contributed by atoms with Gasteiger partial charge in [0.1, 0.15) is 5.82 Å². The SMILES string of the molecule is CC(CC1COCCN1)Nc1cc([N+](=O)[O-])c(F)cc1F. The van der Waals surface area contributed by atoms with E-state index in [0.717, 1.165) is 12.6 Å². The van der Waals surface area contributed by atoms with E-state index in [4.69, 9.17) is 4.74 Å². The number of hydrogen-bond donors (Lipinski definition) is 2. The quantitative estimate of drug-likeness (QED) is 0.643. The molecule has 1 aliphatic heterocycles. The van der Waals surface area contributed by atoms with Crippen LogP contribution in [-0.2, 0) is 4.74 Å². The van der Waals surface area contributed by atoms with Crippen molar-refractivity contribution in [2.75, 3.05) is 25.1 Å². The summed E-state index contributed by atoms with van der Waals surface area (Å²) in [6, 6.07) is 1.39. The van der Waals surface area contributed by atoms with Crippen molar-refractivity contribution in [1.82, 2.24) is 5.32 Å². The highest BCUT2D eigenvalue weighted by Crippen LogP contribution is 2.26. The highest BCUT2D eigenvalue weighted by molar-refractivity contribution is 5.53. The molecular weight excluding hydrogens is 284 g/mol. The van der Waals surface area contributed by atoms with E-state index >= 15 is 0 Å². The molecule has 2 N–H and O–H groups in total. The van der Waals surface area contributed by atoms with Crippen molar-refractivity contribution in [1.29, 1.82) is 0 Å². The Bertz CT molecular complexity index is 522. The first-order chi connectivity index (χ1) is 9.97. The van der Waals surface area contributed by atoms with Crippen LogP contribution in [0, 0.1) is 21.7 Å². The molecule has 0 amide bonds. The monoisotopic (exact) mass is 301 g/mol. The van der Waals surface area contributed by atoms with Crippen molar-refractivity contribution < 1.29 is 18.4 Å². The topological polar surface area (TPSA) is 76.4 Å². The molecule has 6 nitrogen and oxygen atoms in total. The van der Waals surface area contributed by atoms with Gasteiger partial charge in [0.15, 0.2) is 0 Å². The van der Waals surface area contributed by atoms with Gasteiger partial charge >= 0.3 is 5.69 Å². The van der Waals surface area contributed by atoms with E-state index in [1.807, 2.05) is 6.92 Å². The minimum absolute atomic E-state index is 0.0765. The van der Waals surface area contributed by atoms with Crippen LogP contribution in [0.4, 0.5) is 20.2 Å². The van der Waals surface area contributed by atoms with E-state index in [9.17, 15) is 18.9 Å². The molecule has 0 spiro atoms. The van der Waals surface area contributed by atoms with E-state index in [-0.39, 0.29) is 17.8 Å². The minimum Gasteiger partial charge on any atom is -0.380 e. The zero-order valence-corrected chi connectivity index (χ0v) is 11.6. The van der Waals surface area contributed by atoms with Gasteiger partial charge in [0.25, 0.3) is 0 Å². The summed E-state index contributed by atoms with van der Waals surface area (Å²) < 4.78 is 32.2. The number of rotatable bonds is 5. The summed E-state index contributed by atoms with van der Waals surface area (Å²) in [4.78, 5) is 9.80. The second kappa shape index (κ2) is 6.77. The van der Waals surface area contributed by atoms with Crippen molar-refractivity contribution in [2.45, 2.75) is 25.4 Å². The second-order valence-corrected chi connectivity index (χ2v) is 5.05. The van der Waals surface area contributed by atoms with Gasteiger partial charge in [-0.25, -0.2) is 4.39 Å². The number of ether oxygens (including phenoxy) is 1. The first-order valence-electron chi connectivity index (χ1n) is 6.68. The van der Waals surface area contributed by atoms with E-state index in [1.54, 1.807) is 0 Å². The highest BCUT2D eigenvalue weighted by Gasteiger charge is 2.21. The van der Waals surface area contributed by atoms with Crippen LogP contribution in [0.1, 0.15) is 13.3 Å². The average molecular weight is 301 g/mol. The summed E-state index contributed by atoms with van der Waals surface area (Å²) in [5.74, 6) is -2.03. The number of benzene rings is 1. The zero-order valence-electron chi connectivity index (χ0n) is 11.6. The fourth-order valence-electron chi connectivity index (χ4n) is 2.31. The molecule has 2 rings (SSSR count). The van der Waals surface area contributed by atoms with Gasteiger partial charge < -0.3 is 15.4 Å². The van der Waals surface area contributed by atoms with Crippen molar-refractivity contribution in [3.8, 4) is 0 Å². The largest absolute Gasteiger partial charge is 0.380 e. The van der Waals surface area contributed by atoms with Crippen molar-refractivity contribution in [2.24, 2.45) is 0 Å². The van der Waals surface area contributed by atoms with Gasteiger partial charge in [0, 0.05) is 30.8 Å². The fourth-order valence-corrected chi connectivity index (χ4v) is 2.31. The van der Waals surface area contributed by atoms with E-state index < -0.39 is 22.2 Å². The molecule has 2 unspecified atom stereocenters. The van der Waals surface area contributed by atoms with Crippen molar-refractivity contribution in [3.63, 3.8) is 0 Å². The fraction of sp³-hybridized carbons (Fsp3) is 0.538. The first-order valence-corrected chi connectivity index (χ1v) is 6.68. The lowest BCUT2D eigenvalue weighted by atomic mass is 10.1. The summed E-state index contributed by atoms with van der Waals surface area (Å²) >= 11 is 0. The highest BCUT2D eigenvalue weighted by atomic mass is 19.1. The van der Waals surface area contributed by atoms with Crippen LogP contribution in [0.25, 0.3) is 0 Å². The molecule has 0 radical (unpaired) electrons. The molecule has 21 heavy (non-hydrogen) atoms.